The molecule has 134 valence electrons. The Morgan fingerprint density at radius 1 is 1.30 bits per heavy atom. The highest BCUT2D eigenvalue weighted by atomic mass is 16.5. The van der Waals surface area contributed by atoms with E-state index in [1.54, 1.807) is 0 Å². The number of methoxy groups -OCH3 is 1. The molecule has 0 aliphatic carbocycles. The van der Waals surface area contributed by atoms with Gasteiger partial charge < -0.3 is 19.9 Å². The molecule has 0 saturated carbocycles. The minimum Gasteiger partial charge on any atom is -0.469 e. The maximum absolute atomic E-state index is 11.8. The van der Waals surface area contributed by atoms with Crippen molar-refractivity contribution < 1.29 is 9.53 Å². The van der Waals surface area contributed by atoms with Crippen LogP contribution in [0.5, 0.6) is 0 Å². The Morgan fingerprint density at radius 2 is 2.04 bits per heavy atom. The van der Waals surface area contributed by atoms with Gasteiger partial charge >= 0.3 is 5.97 Å². The smallest absolute Gasteiger partial charge is 0.310 e. The SMILES string of the molecule is CCCN(CC)CCN=C(NCC)N1CC(C)C(C(=O)OC)C1. The summed E-state index contributed by atoms with van der Waals surface area (Å²) in [6, 6.07) is 0. The monoisotopic (exact) mass is 326 g/mol. The molecule has 6 heteroatoms. The number of rotatable bonds is 8. The third-order valence-electron chi connectivity index (χ3n) is 4.42. The fraction of sp³-hybridized carbons (Fsp3) is 0.882. The standard InChI is InChI=1S/C17H34N4O2/c1-6-10-20(8-3)11-9-19-17(18-7-2)21-12-14(4)15(13-21)16(22)23-5/h14-15H,6-13H2,1-5H3,(H,18,19). The summed E-state index contributed by atoms with van der Waals surface area (Å²) in [6.45, 7) is 14.9. The number of aliphatic imine (C=N–C) groups is 1. The topological polar surface area (TPSA) is 57.2 Å². The lowest BCUT2D eigenvalue weighted by Crippen LogP contribution is -2.41. The Morgan fingerprint density at radius 3 is 2.61 bits per heavy atom. The first-order valence-corrected chi connectivity index (χ1v) is 8.90. The predicted molar refractivity (Wildman–Crippen MR) is 94.6 cm³/mol. The number of likely N-dealkylation sites (N-methyl/N-ethyl adjacent to an activating group) is 1. The van der Waals surface area contributed by atoms with Crippen LogP contribution in [0.1, 0.15) is 34.1 Å². The molecule has 1 rings (SSSR count). The Hall–Kier alpha value is -1.30. The molecule has 1 fully saturated rings. The fourth-order valence-corrected chi connectivity index (χ4v) is 3.07. The van der Waals surface area contributed by atoms with E-state index in [-0.39, 0.29) is 11.9 Å². The first-order chi connectivity index (χ1) is 11.1. The summed E-state index contributed by atoms with van der Waals surface area (Å²) in [5, 5.41) is 3.35. The maximum Gasteiger partial charge on any atom is 0.310 e. The average molecular weight is 326 g/mol. The van der Waals surface area contributed by atoms with Crippen molar-refractivity contribution in [2.75, 3.05) is 52.9 Å². The second-order valence-corrected chi connectivity index (χ2v) is 6.18. The number of hydrogen-bond donors (Lipinski definition) is 1. The first kappa shape index (κ1) is 19.7. The van der Waals surface area contributed by atoms with Crippen LogP contribution in [0.15, 0.2) is 4.99 Å². The van der Waals surface area contributed by atoms with E-state index in [2.05, 4.69) is 42.8 Å². The van der Waals surface area contributed by atoms with Crippen LogP contribution < -0.4 is 5.32 Å². The molecular formula is C17H34N4O2. The summed E-state index contributed by atoms with van der Waals surface area (Å²) in [7, 11) is 1.46. The Balaban J connectivity index is 2.63. The predicted octanol–water partition coefficient (Wildman–Crippen LogP) is 1.42. The van der Waals surface area contributed by atoms with Gasteiger partial charge in [0.2, 0.25) is 0 Å². The summed E-state index contributed by atoms with van der Waals surface area (Å²) in [5.74, 6) is 1.03. The summed E-state index contributed by atoms with van der Waals surface area (Å²) in [5.41, 5.74) is 0. The summed E-state index contributed by atoms with van der Waals surface area (Å²) >= 11 is 0. The van der Waals surface area contributed by atoms with Crippen molar-refractivity contribution in [3.05, 3.63) is 0 Å². The van der Waals surface area contributed by atoms with E-state index in [9.17, 15) is 4.79 Å². The summed E-state index contributed by atoms with van der Waals surface area (Å²) in [6.07, 6.45) is 1.17. The zero-order valence-corrected chi connectivity index (χ0v) is 15.5. The van der Waals surface area contributed by atoms with Crippen LogP contribution in [0.25, 0.3) is 0 Å². The van der Waals surface area contributed by atoms with Crippen LogP contribution in [0.3, 0.4) is 0 Å². The van der Waals surface area contributed by atoms with Gasteiger partial charge in [0.25, 0.3) is 0 Å². The van der Waals surface area contributed by atoms with Crippen molar-refractivity contribution in [2.45, 2.75) is 34.1 Å². The number of likely N-dealkylation sites (tertiary alicyclic amines) is 1. The lowest BCUT2D eigenvalue weighted by molar-refractivity contribution is -0.145. The molecule has 0 bridgehead atoms. The van der Waals surface area contributed by atoms with Gasteiger partial charge in [-0.3, -0.25) is 9.79 Å². The van der Waals surface area contributed by atoms with Gasteiger partial charge in [0.05, 0.1) is 19.6 Å². The maximum atomic E-state index is 11.8. The van der Waals surface area contributed by atoms with Crippen molar-refractivity contribution >= 4 is 11.9 Å². The van der Waals surface area contributed by atoms with E-state index < -0.39 is 0 Å². The minimum atomic E-state index is -0.115. The lowest BCUT2D eigenvalue weighted by Gasteiger charge is -2.23. The van der Waals surface area contributed by atoms with Gasteiger partial charge in [-0.2, -0.15) is 0 Å². The van der Waals surface area contributed by atoms with Crippen molar-refractivity contribution in [1.29, 1.82) is 0 Å². The molecule has 2 atom stereocenters. The molecule has 1 aliphatic rings. The molecule has 1 aliphatic heterocycles. The Bertz CT molecular complexity index is 387. The summed E-state index contributed by atoms with van der Waals surface area (Å²) < 4.78 is 4.91. The van der Waals surface area contributed by atoms with E-state index in [1.807, 2.05) is 0 Å². The van der Waals surface area contributed by atoms with Gasteiger partial charge in [-0.1, -0.05) is 20.8 Å². The molecule has 2 unspecified atom stereocenters. The average Bonchev–Trinajstić information content (AvgIpc) is 2.94. The second-order valence-electron chi connectivity index (χ2n) is 6.18. The highest BCUT2D eigenvalue weighted by molar-refractivity contribution is 5.82. The number of carbonyl (C=O) groups is 1. The highest BCUT2D eigenvalue weighted by Gasteiger charge is 2.36. The van der Waals surface area contributed by atoms with E-state index in [1.165, 1.54) is 13.5 Å². The Kier molecular flexibility index (Phi) is 8.99. The molecule has 6 nitrogen and oxygen atoms in total. The van der Waals surface area contributed by atoms with Gasteiger partial charge in [-0.15, -0.1) is 0 Å². The van der Waals surface area contributed by atoms with Crippen LogP contribution in [0.2, 0.25) is 0 Å². The van der Waals surface area contributed by atoms with Crippen LogP contribution in [0, 0.1) is 11.8 Å². The number of hydrogen-bond acceptors (Lipinski definition) is 4. The van der Waals surface area contributed by atoms with E-state index >= 15 is 0 Å². The van der Waals surface area contributed by atoms with Gasteiger partial charge in [-0.25, -0.2) is 0 Å². The largest absolute Gasteiger partial charge is 0.469 e. The third-order valence-corrected chi connectivity index (χ3v) is 4.42. The molecule has 1 N–H and O–H groups in total. The molecule has 0 aromatic carbocycles. The number of esters is 1. The van der Waals surface area contributed by atoms with Gasteiger partial charge in [0.1, 0.15) is 0 Å². The molecule has 0 spiro atoms. The van der Waals surface area contributed by atoms with Crippen molar-refractivity contribution in [1.82, 2.24) is 15.1 Å². The number of guanidine groups is 1. The number of carbonyl (C=O) groups excluding carboxylic acids is 1. The normalized spacial score (nSPS) is 21.8. The Labute approximate surface area is 141 Å². The van der Waals surface area contributed by atoms with Crippen LogP contribution in [0.4, 0.5) is 0 Å². The third kappa shape index (κ3) is 6.01. The van der Waals surface area contributed by atoms with Crippen LogP contribution >= 0.6 is 0 Å². The quantitative estimate of drug-likeness (QED) is 0.415. The number of nitrogens with zero attached hydrogens (tertiary/aromatic N) is 3. The molecule has 0 radical (unpaired) electrons. The van der Waals surface area contributed by atoms with Crippen LogP contribution in [-0.2, 0) is 9.53 Å². The van der Waals surface area contributed by atoms with Gasteiger partial charge in [0.15, 0.2) is 5.96 Å². The molecule has 0 aromatic heterocycles. The number of ether oxygens (including phenoxy) is 1. The molecular weight excluding hydrogens is 292 g/mol. The number of nitrogens with one attached hydrogen (secondary N) is 1. The second kappa shape index (κ2) is 10.5. The van der Waals surface area contributed by atoms with Crippen molar-refractivity contribution in [2.24, 2.45) is 16.8 Å². The highest BCUT2D eigenvalue weighted by Crippen LogP contribution is 2.24. The minimum absolute atomic E-state index is 0.0592. The van der Waals surface area contributed by atoms with Crippen molar-refractivity contribution in [3.8, 4) is 0 Å². The van der Waals surface area contributed by atoms with E-state index in [0.717, 1.165) is 45.2 Å². The summed E-state index contributed by atoms with van der Waals surface area (Å²) in [4.78, 5) is 21.2. The van der Waals surface area contributed by atoms with Gasteiger partial charge in [0, 0.05) is 26.2 Å². The van der Waals surface area contributed by atoms with Gasteiger partial charge in [-0.05, 0) is 32.4 Å². The van der Waals surface area contributed by atoms with Crippen molar-refractivity contribution in [3.63, 3.8) is 0 Å². The van der Waals surface area contributed by atoms with E-state index in [4.69, 9.17) is 9.73 Å². The molecule has 1 saturated heterocycles. The first-order valence-electron chi connectivity index (χ1n) is 8.90. The zero-order chi connectivity index (χ0) is 17.2. The molecule has 23 heavy (non-hydrogen) atoms. The fourth-order valence-electron chi connectivity index (χ4n) is 3.07. The molecule has 0 aromatic rings. The zero-order valence-electron chi connectivity index (χ0n) is 15.5. The molecule has 0 amide bonds. The lowest BCUT2D eigenvalue weighted by atomic mass is 9.99. The van der Waals surface area contributed by atoms with E-state index in [0.29, 0.717) is 12.5 Å². The van der Waals surface area contributed by atoms with Crippen LogP contribution in [-0.4, -0.2) is 74.7 Å². The molecule has 1 heterocycles.